The van der Waals surface area contributed by atoms with E-state index in [0.717, 1.165) is 5.56 Å². The molecule has 0 aliphatic carbocycles. The first-order valence-corrected chi connectivity index (χ1v) is 8.00. The van der Waals surface area contributed by atoms with Crippen molar-refractivity contribution in [2.45, 2.75) is 6.92 Å². The zero-order chi connectivity index (χ0) is 18.4. The second kappa shape index (κ2) is 8.39. The van der Waals surface area contributed by atoms with Gasteiger partial charge in [0.15, 0.2) is 6.61 Å². The smallest absolute Gasteiger partial charge is 0.323 e. The summed E-state index contributed by atoms with van der Waals surface area (Å²) in [7, 11) is 3.33. The van der Waals surface area contributed by atoms with Gasteiger partial charge in [0.2, 0.25) is 0 Å². The first-order valence-electron chi connectivity index (χ1n) is 7.62. The number of ether oxygens (including phenoxy) is 1. The summed E-state index contributed by atoms with van der Waals surface area (Å²) in [4.78, 5) is 24.9. The van der Waals surface area contributed by atoms with E-state index in [1.807, 2.05) is 13.0 Å². The molecule has 0 fully saturated rings. The number of anilines is 2. The van der Waals surface area contributed by atoms with E-state index in [0.29, 0.717) is 22.1 Å². The highest BCUT2D eigenvalue weighted by Gasteiger charge is 2.06. The Hall–Kier alpha value is -2.73. The summed E-state index contributed by atoms with van der Waals surface area (Å²) >= 11 is 6.03. The summed E-state index contributed by atoms with van der Waals surface area (Å²) in [6.07, 6.45) is 0. The fourth-order valence-electron chi connectivity index (χ4n) is 1.87. The fraction of sp³-hybridized carbons (Fsp3) is 0.222. The average molecular weight is 362 g/mol. The highest BCUT2D eigenvalue weighted by molar-refractivity contribution is 6.31. The van der Waals surface area contributed by atoms with Crippen LogP contribution in [0, 0.1) is 6.92 Å². The van der Waals surface area contributed by atoms with Crippen LogP contribution in [0.2, 0.25) is 5.02 Å². The average Bonchev–Trinajstić information content (AvgIpc) is 2.57. The molecule has 0 spiro atoms. The number of rotatable bonds is 5. The molecule has 0 saturated carbocycles. The van der Waals surface area contributed by atoms with E-state index in [9.17, 15) is 9.59 Å². The van der Waals surface area contributed by atoms with E-state index >= 15 is 0 Å². The molecule has 0 aliphatic rings. The number of amides is 3. The molecule has 2 rings (SSSR count). The maximum atomic E-state index is 12.0. The van der Waals surface area contributed by atoms with Gasteiger partial charge < -0.3 is 20.3 Å². The van der Waals surface area contributed by atoms with Crippen molar-refractivity contribution >= 4 is 34.9 Å². The zero-order valence-corrected chi connectivity index (χ0v) is 15.1. The Morgan fingerprint density at radius 3 is 2.24 bits per heavy atom. The third kappa shape index (κ3) is 5.69. The Morgan fingerprint density at radius 1 is 1.04 bits per heavy atom. The lowest BCUT2D eigenvalue weighted by molar-refractivity contribution is -0.130. The first kappa shape index (κ1) is 18.6. The highest BCUT2D eigenvalue weighted by Crippen LogP contribution is 2.20. The van der Waals surface area contributed by atoms with E-state index in [1.54, 1.807) is 50.5 Å². The lowest BCUT2D eigenvalue weighted by Gasteiger charge is -2.12. The molecule has 7 heteroatoms. The molecule has 2 aromatic rings. The van der Waals surface area contributed by atoms with Gasteiger partial charge in [-0.1, -0.05) is 17.7 Å². The minimum absolute atomic E-state index is 0.0333. The number of nitrogens with zero attached hydrogens (tertiary/aromatic N) is 1. The van der Waals surface area contributed by atoms with Crippen molar-refractivity contribution in [1.82, 2.24) is 4.90 Å². The van der Waals surface area contributed by atoms with Crippen LogP contribution in [0.3, 0.4) is 0 Å². The number of hydrogen-bond acceptors (Lipinski definition) is 3. The number of aryl methyl sites for hydroxylation is 1. The summed E-state index contributed by atoms with van der Waals surface area (Å²) in [6.45, 7) is 1.86. The van der Waals surface area contributed by atoms with Crippen molar-refractivity contribution in [2.75, 3.05) is 31.3 Å². The molecule has 132 valence electrons. The predicted octanol–water partition coefficient (Wildman–Crippen LogP) is 3.76. The molecule has 2 N–H and O–H groups in total. The van der Waals surface area contributed by atoms with Crippen molar-refractivity contribution in [2.24, 2.45) is 0 Å². The number of benzene rings is 2. The van der Waals surface area contributed by atoms with Gasteiger partial charge in [0, 0.05) is 30.5 Å². The minimum atomic E-state index is -0.378. The number of carbonyl (C=O) groups is 2. The normalized spacial score (nSPS) is 10.1. The second-order valence-corrected chi connectivity index (χ2v) is 6.05. The number of urea groups is 1. The zero-order valence-electron chi connectivity index (χ0n) is 14.3. The molecular formula is C18H20ClN3O3. The number of carbonyl (C=O) groups excluding carboxylic acids is 2. The Labute approximate surface area is 151 Å². The summed E-state index contributed by atoms with van der Waals surface area (Å²) in [5.41, 5.74) is 2.15. The molecule has 0 aliphatic heterocycles. The van der Waals surface area contributed by atoms with Gasteiger partial charge in [0.1, 0.15) is 5.75 Å². The van der Waals surface area contributed by atoms with Crippen molar-refractivity contribution in [1.29, 1.82) is 0 Å². The number of halogens is 1. The Bertz CT molecular complexity index is 761. The number of likely N-dealkylation sites (N-methyl/N-ethyl adjacent to an activating group) is 1. The minimum Gasteiger partial charge on any atom is -0.484 e. The third-order valence-electron chi connectivity index (χ3n) is 3.40. The topological polar surface area (TPSA) is 70.7 Å². The van der Waals surface area contributed by atoms with Crippen molar-refractivity contribution in [3.8, 4) is 5.75 Å². The third-order valence-corrected chi connectivity index (χ3v) is 3.81. The fourth-order valence-corrected chi connectivity index (χ4v) is 2.05. The van der Waals surface area contributed by atoms with E-state index in [2.05, 4.69) is 10.6 Å². The summed E-state index contributed by atoms with van der Waals surface area (Å²) in [5.74, 6) is 0.421. The van der Waals surface area contributed by atoms with Crippen LogP contribution in [0.25, 0.3) is 0 Å². The maximum absolute atomic E-state index is 12.0. The molecule has 0 atom stereocenters. The number of hydrogen-bond donors (Lipinski definition) is 2. The van der Waals surface area contributed by atoms with Crippen LogP contribution in [0.15, 0.2) is 42.5 Å². The van der Waals surface area contributed by atoms with Gasteiger partial charge in [-0.15, -0.1) is 0 Å². The van der Waals surface area contributed by atoms with Crippen LogP contribution in [0.1, 0.15) is 5.56 Å². The summed E-state index contributed by atoms with van der Waals surface area (Å²) in [5, 5.41) is 6.01. The van der Waals surface area contributed by atoms with E-state index in [-0.39, 0.29) is 18.5 Å². The lowest BCUT2D eigenvalue weighted by Crippen LogP contribution is -2.27. The van der Waals surface area contributed by atoms with Crippen LogP contribution in [0.5, 0.6) is 5.75 Å². The molecule has 0 aromatic heterocycles. The second-order valence-electron chi connectivity index (χ2n) is 5.64. The molecule has 0 bridgehead atoms. The van der Waals surface area contributed by atoms with Crippen molar-refractivity contribution in [3.05, 3.63) is 53.1 Å². The first-order chi connectivity index (χ1) is 11.8. The van der Waals surface area contributed by atoms with Crippen molar-refractivity contribution < 1.29 is 14.3 Å². The molecule has 2 aromatic carbocycles. The Kier molecular flexibility index (Phi) is 6.25. The van der Waals surface area contributed by atoms with Gasteiger partial charge in [-0.25, -0.2) is 4.79 Å². The highest BCUT2D eigenvalue weighted by atomic mass is 35.5. The molecule has 0 heterocycles. The van der Waals surface area contributed by atoms with E-state index < -0.39 is 0 Å². The molecule has 0 radical (unpaired) electrons. The molecule has 0 unspecified atom stereocenters. The SMILES string of the molecule is Cc1ccc(NC(=O)Nc2ccc(OCC(=O)N(C)C)cc2)cc1Cl. The number of nitrogens with one attached hydrogen (secondary N) is 2. The lowest BCUT2D eigenvalue weighted by atomic mass is 10.2. The summed E-state index contributed by atoms with van der Waals surface area (Å²) in [6, 6.07) is 11.7. The van der Waals surface area contributed by atoms with Gasteiger partial charge in [-0.2, -0.15) is 0 Å². The van der Waals surface area contributed by atoms with Crippen LogP contribution in [-0.2, 0) is 4.79 Å². The van der Waals surface area contributed by atoms with Gasteiger partial charge in [0.25, 0.3) is 5.91 Å². The van der Waals surface area contributed by atoms with E-state index in [4.69, 9.17) is 16.3 Å². The maximum Gasteiger partial charge on any atom is 0.323 e. The summed E-state index contributed by atoms with van der Waals surface area (Å²) < 4.78 is 5.37. The molecule has 6 nitrogen and oxygen atoms in total. The monoisotopic (exact) mass is 361 g/mol. The van der Waals surface area contributed by atoms with Crippen LogP contribution >= 0.6 is 11.6 Å². The molecular weight excluding hydrogens is 342 g/mol. The molecule has 3 amide bonds. The van der Waals surface area contributed by atoms with Gasteiger partial charge in [-0.05, 0) is 48.9 Å². The van der Waals surface area contributed by atoms with Gasteiger partial charge >= 0.3 is 6.03 Å². The van der Waals surface area contributed by atoms with Crippen molar-refractivity contribution in [3.63, 3.8) is 0 Å². The van der Waals surface area contributed by atoms with Crippen LogP contribution < -0.4 is 15.4 Å². The largest absolute Gasteiger partial charge is 0.484 e. The Morgan fingerprint density at radius 2 is 1.64 bits per heavy atom. The van der Waals surface area contributed by atoms with Crippen LogP contribution in [-0.4, -0.2) is 37.5 Å². The molecule has 25 heavy (non-hydrogen) atoms. The quantitative estimate of drug-likeness (QED) is 0.851. The predicted molar refractivity (Wildman–Crippen MR) is 99.5 cm³/mol. The standard InChI is InChI=1S/C18H20ClN3O3/c1-12-4-5-14(10-16(12)19)21-18(24)20-13-6-8-15(9-7-13)25-11-17(23)22(2)3/h4-10H,11H2,1-3H3,(H2,20,21,24). The molecule has 0 saturated heterocycles. The van der Waals surface area contributed by atoms with Gasteiger partial charge in [-0.3, -0.25) is 4.79 Å². The van der Waals surface area contributed by atoms with Gasteiger partial charge in [0.05, 0.1) is 0 Å². The van der Waals surface area contributed by atoms with E-state index in [1.165, 1.54) is 4.90 Å². The van der Waals surface area contributed by atoms with Crippen LogP contribution in [0.4, 0.5) is 16.2 Å². The Balaban J connectivity index is 1.88.